The van der Waals surface area contributed by atoms with E-state index in [0.717, 1.165) is 12.8 Å². The molecule has 2 rings (SSSR count). The third-order valence-corrected chi connectivity index (χ3v) is 3.17. The van der Waals surface area contributed by atoms with Crippen LogP contribution >= 0.6 is 11.6 Å². The third kappa shape index (κ3) is 3.48. The molecule has 1 N–H and O–H groups in total. The summed E-state index contributed by atoms with van der Waals surface area (Å²) in [6.07, 6.45) is 7.38. The van der Waals surface area contributed by atoms with E-state index >= 15 is 0 Å². The molecule has 0 saturated carbocycles. The fourth-order valence-electron chi connectivity index (χ4n) is 1.83. The van der Waals surface area contributed by atoms with Crippen molar-refractivity contribution >= 4 is 23.4 Å². The van der Waals surface area contributed by atoms with Gasteiger partial charge in [-0.2, -0.15) is 0 Å². The summed E-state index contributed by atoms with van der Waals surface area (Å²) >= 11 is 5.76. The molecule has 104 valence electrons. The maximum atomic E-state index is 12.1. The van der Waals surface area contributed by atoms with Crippen molar-refractivity contribution in [2.45, 2.75) is 12.8 Å². The van der Waals surface area contributed by atoms with Gasteiger partial charge < -0.3 is 0 Å². The zero-order valence-corrected chi connectivity index (χ0v) is 11.9. The van der Waals surface area contributed by atoms with Crippen molar-refractivity contribution in [3.8, 4) is 0 Å². The number of carbonyl (C=O) groups excluding carboxylic acids is 2. The van der Waals surface area contributed by atoms with E-state index in [1.165, 1.54) is 12.1 Å². The highest BCUT2D eigenvalue weighted by atomic mass is 35.5. The average molecular weight is 291 g/mol. The number of hydrazine groups is 1. The van der Waals surface area contributed by atoms with Gasteiger partial charge in [0.05, 0.1) is 0 Å². The molecule has 1 aromatic carbocycles. The number of nitrogens with one attached hydrogen (secondary N) is 1. The number of amides is 2. The lowest BCUT2D eigenvalue weighted by molar-refractivity contribution is -0.127. The Hall–Kier alpha value is -2.07. The number of carbonyl (C=O) groups is 2. The van der Waals surface area contributed by atoms with Crippen molar-refractivity contribution in [2.75, 3.05) is 7.05 Å². The molecule has 0 radical (unpaired) electrons. The van der Waals surface area contributed by atoms with Crippen molar-refractivity contribution in [1.82, 2.24) is 10.4 Å². The molecule has 5 heteroatoms. The Labute approximate surface area is 122 Å². The first-order valence-electron chi connectivity index (χ1n) is 6.29. The Morgan fingerprint density at radius 2 is 1.90 bits per heavy atom. The van der Waals surface area contributed by atoms with Crippen LogP contribution in [-0.2, 0) is 4.79 Å². The molecule has 0 aliphatic heterocycles. The smallest absolute Gasteiger partial charge is 0.267 e. The summed E-state index contributed by atoms with van der Waals surface area (Å²) in [7, 11) is 1.53. The van der Waals surface area contributed by atoms with E-state index < -0.39 is 0 Å². The molecule has 1 aliphatic carbocycles. The number of hydrogen-bond donors (Lipinski definition) is 1. The summed E-state index contributed by atoms with van der Waals surface area (Å²) in [5.74, 6) is -0.582. The van der Waals surface area contributed by atoms with Gasteiger partial charge in [0.15, 0.2) is 0 Å². The minimum atomic E-state index is -0.349. The molecule has 0 bridgehead atoms. The Morgan fingerprint density at radius 1 is 1.20 bits per heavy atom. The van der Waals surface area contributed by atoms with Crippen LogP contribution in [0.3, 0.4) is 0 Å². The first-order valence-corrected chi connectivity index (χ1v) is 6.67. The van der Waals surface area contributed by atoms with E-state index in [1.807, 2.05) is 12.2 Å². The molecule has 1 aliphatic rings. The van der Waals surface area contributed by atoms with E-state index in [0.29, 0.717) is 16.2 Å². The first-order chi connectivity index (χ1) is 9.58. The normalized spacial score (nSPS) is 13.6. The van der Waals surface area contributed by atoms with Crippen LogP contribution in [0.15, 0.2) is 48.1 Å². The zero-order chi connectivity index (χ0) is 14.5. The predicted molar refractivity (Wildman–Crippen MR) is 78.1 cm³/mol. The topological polar surface area (TPSA) is 49.4 Å². The number of nitrogens with zero attached hydrogens (tertiary/aromatic N) is 1. The average Bonchev–Trinajstić information content (AvgIpc) is 2.48. The number of benzene rings is 1. The third-order valence-electron chi connectivity index (χ3n) is 2.92. The molecular formula is C15H15ClN2O2. The molecule has 0 aromatic heterocycles. The molecule has 20 heavy (non-hydrogen) atoms. The monoisotopic (exact) mass is 290 g/mol. The predicted octanol–water partition coefficient (Wildman–Crippen LogP) is 2.72. The van der Waals surface area contributed by atoms with Gasteiger partial charge in [-0.15, -0.1) is 0 Å². The number of hydrogen-bond acceptors (Lipinski definition) is 2. The largest absolute Gasteiger partial charge is 0.271 e. The van der Waals surface area contributed by atoms with E-state index in [1.54, 1.807) is 30.3 Å². The van der Waals surface area contributed by atoms with Crippen LogP contribution in [0.2, 0.25) is 5.02 Å². The van der Waals surface area contributed by atoms with E-state index in [-0.39, 0.29) is 11.8 Å². The molecule has 0 heterocycles. The minimum Gasteiger partial charge on any atom is -0.267 e. The Morgan fingerprint density at radius 3 is 2.50 bits per heavy atom. The standard InChI is InChI=1S/C15H15ClN2O2/c1-18(15(20)12-5-3-2-4-6-12)17-14(19)11-7-9-13(16)10-8-11/h3,5-10H,2,4H2,1H3,(H,17,19). The van der Waals surface area contributed by atoms with Crippen LogP contribution in [0, 0.1) is 0 Å². The summed E-state index contributed by atoms with van der Waals surface area (Å²) in [6, 6.07) is 6.47. The fourth-order valence-corrected chi connectivity index (χ4v) is 1.96. The SMILES string of the molecule is CN(NC(=O)c1ccc(Cl)cc1)C(=O)C1=CCCC=C1. The highest BCUT2D eigenvalue weighted by Gasteiger charge is 2.16. The molecule has 0 atom stereocenters. The van der Waals surface area contributed by atoms with Crippen LogP contribution in [0.25, 0.3) is 0 Å². The van der Waals surface area contributed by atoms with E-state index in [4.69, 9.17) is 11.6 Å². The van der Waals surface area contributed by atoms with Crippen molar-refractivity contribution in [3.63, 3.8) is 0 Å². The highest BCUT2D eigenvalue weighted by molar-refractivity contribution is 6.30. The van der Waals surface area contributed by atoms with Crippen LogP contribution in [0.1, 0.15) is 23.2 Å². The molecule has 2 amide bonds. The van der Waals surface area contributed by atoms with Gasteiger partial charge >= 0.3 is 0 Å². The van der Waals surface area contributed by atoms with Gasteiger partial charge in [0.1, 0.15) is 0 Å². The number of allylic oxidation sites excluding steroid dienone is 2. The van der Waals surface area contributed by atoms with Gasteiger partial charge in [0.2, 0.25) is 0 Å². The second kappa shape index (κ2) is 6.39. The van der Waals surface area contributed by atoms with Crippen LogP contribution in [0.4, 0.5) is 0 Å². The van der Waals surface area contributed by atoms with Crippen LogP contribution < -0.4 is 5.43 Å². The van der Waals surface area contributed by atoms with Gasteiger partial charge in [0, 0.05) is 23.2 Å². The van der Waals surface area contributed by atoms with Crippen molar-refractivity contribution in [1.29, 1.82) is 0 Å². The molecule has 0 spiro atoms. The van der Waals surface area contributed by atoms with Gasteiger partial charge in [-0.3, -0.25) is 20.0 Å². The number of likely N-dealkylation sites (N-methyl/N-ethyl adjacent to an activating group) is 1. The Bertz CT molecular complexity index is 576. The zero-order valence-electron chi connectivity index (χ0n) is 11.1. The Balaban J connectivity index is 2.00. The van der Waals surface area contributed by atoms with Gasteiger partial charge in [0.25, 0.3) is 11.8 Å². The maximum Gasteiger partial charge on any atom is 0.271 e. The van der Waals surface area contributed by atoms with E-state index in [9.17, 15) is 9.59 Å². The lowest BCUT2D eigenvalue weighted by Gasteiger charge is -2.19. The number of halogens is 1. The van der Waals surface area contributed by atoms with Gasteiger partial charge in [-0.1, -0.05) is 29.8 Å². The fraction of sp³-hybridized carbons (Fsp3) is 0.200. The maximum absolute atomic E-state index is 12.1. The summed E-state index contributed by atoms with van der Waals surface area (Å²) in [6.45, 7) is 0. The lowest BCUT2D eigenvalue weighted by Crippen LogP contribution is -2.43. The second-order valence-electron chi connectivity index (χ2n) is 4.45. The molecular weight excluding hydrogens is 276 g/mol. The van der Waals surface area contributed by atoms with Crippen LogP contribution in [0.5, 0.6) is 0 Å². The van der Waals surface area contributed by atoms with E-state index in [2.05, 4.69) is 5.43 Å². The van der Waals surface area contributed by atoms with Gasteiger partial charge in [-0.05, 0) is 37.1 Å². The van der Waals surface area contributed by atoms with Crippen molar-refractivity contribution in [2.24, 2.45) is 0 Å². The minimum absolute atomic E-state index is 0.233. The highest BCUT2D eigenvalue weighted by Crippen LogP contribution is 2.12. The summed E-state index contributed by atoms with van der Waals surface area (Å²) in [4.78, 5) is 24.1. The summed E-state index contributed by atoms with van der Waals surface area (Å²) < 4.78 is 0. The van der Waals surface area contributed by atoms with Gasteiger partial charge in [-0.25, -0.2) is 0 Å². The molecule has 0 unspecified atom stereocenters. The van der Waals surface area contributed by atoms with Crippen LogP contribution in [-0.4, -0.2) is 23.9 Å². The lowest BCUT2D eigenvalue weighted by atomic mass is 10.1. The van der Waals surface area contributed by atoms with Crippen molar-refractivity contribution in [3.05, 3.63) is 58.7 Å². The Kier molecular flexibility index (Phi) is 4.58. The molecule has 4 nitrogen and oxygen atoms in total. The molecule has 0 saturated heterocycles. The second-order valence-corrected chi connectivity index (χ2v) is 4.89. The summed E-state index contributed by atoms with van der Waals surface area (Å²) in [5, 5.41) is 1.75. The molecule has 0 fully saturated rings. The first kappa shape index (κ1) is 14.3. The number of rotatable bonds is 2. The summed E-state index contributed by atoms with van der Waals surface area (Å²) in [5.41, 5.74) is 3.58. The van der Waals surface area contributed by atoms with Crippen molar-refractivity contribution < 1.29 is 9.59 Å². The quantitative estimate of drug-likeness (QED) is 0.852. The molecule has 1 aromatic rings.